The van der Waals surface area contributed by atoms with E-state index in [1.54, 1.807) is 22.6 Å². The number of halogens is 4. The van der Waals surface area contributed by atoms with Crippen molar-refractivity contribution < 1.29 is 13.6 Å². The van der Waals surface area contributed by atoms with Crippen molar-refractivity contribution in [3.05, 3.63) is 26.6 Å². The van der Waals surface area contributed by atoms with E-state index in [4.69, 9.17) is 0 Å². The van der Waals surface area contributed by atoms with Gasteiger partial charge in [0, 0.05) is 26.2 Å². The molecule has 1 aromatic rings. The summed E-state index contributed by atoms with van der Waals surface area (Å²) in [5, 5.41) is 0.340. The average Bonchev–Trinajstić information content (AvgIpc) is 2.16. The molecule has 0 aromatic carbocycles. The molecule has 1 heterocycles. The summed E-state index contributed by atoms with van der Waals surface area (Å²) >= 11 is 4.93. The van der Waals surface area contributed by atoms with Crippen molar-refractivity contribution in [2.45, 2.75) is 11.8 Å². The molecule has 0 aliphatic rings. The van der Waals surface area contributed by atoms with Crippen molar-refractivity contribution in [2.75, 3.05) is 0 Å². The van der Waals surface area contributed by atoms with Crippen LogP contribution in [0.4, 0.5) is 8.78 Å². The summed E-state index contributed by atoms with van der Waals surface area (Å²) in [5.41, 5.74) is 0.583. The summed E-state index contributed by atoms with van der Waals surface area (Å²) in [5.74, 6) is 0. The Balaban J connectivity index is 3.34. The summed E-state index contributed by atoms with van der Waals surface area (Å²) in [7, 11) is 0. The highest BCUT2D eigenvalue weighted by Crippen LogP contribution is 2.28. The van der Waals surface area contributed by atoms with Gasteiger partial charge in [-0.05, 0) is 22.6 Å². The molecule has 14 heavy (non-hydrogen) atoms. The predicted octanol–water partition coefficient (Wildman–Crippen LogP) is 3.33. The lowest BCUT2D eigenvalue weighted by Gasteiger charge is -2.08. The van der Waals surface area contributed by atoms with Crippen LogP contribution >= 0.6 is 38.5 Å². The van der Waals surface area contributed by atoms with Crippen molar-refractivity contribution in [1.29, 1.82) is 0 Å². The van der Waals surface area contributed by atoms with Crippen LogP contribution in [0.25, 0.3) is 0 Å². The number of rotatable bonds is 3. The van der Waals surface area contributed by atoms with Crippen LogP contribution in [0, 0.1) is 3.57 Å². The second-order valence-corrected chi connectivity index (χ2v) is 4.08. The number of nitrogens with zero attached hydrogens (tertiary/aromatic N) is 1. The Bertz CT molecular complexity index is 359. The molecule has 1 aromatic heterocycles. The fourth-order valence-electron chi connectivity index (χ4n) is 0.941. The zero-order valence-electron chi connectivity index (χ0n) is 6.81. The molecule has 1 rings (SSSR count). The van der Waals surface area contributed by atoms with Crippen LogP contribution in [0.3, 0.4) is 0 Å². The molecule has 2 nitrogen and oxygen atoms in total. The van der Waals surface area contributed by atoms with E-state index >= 15 is 0 Å². The first kappa shape index (κ1) is 12.0. The van der Waals surface area contributed by atoms with Gasteiger partial charge in [-0.1, -0.05) is 15.9 Å². The molecule has 0 aliphatic carbocycles. The van der Waals surface area contributed by atoms with E-state index in [1.165, 1.54) is 0 Å². The molecular formula is C8H5BrF2INO. The lowest BCUT2D eigenvalue weighted by atomic mass is 10.1. The highest BCUT2D eigenvalue weighted by atomic mass is 127. The van der Waals surface area contributed by atoms with Crippen molar-refractivity contribution in [3.8, 4) is 0 Å². The molecule has 0 spiro atoms. The van der Waals surface area contributed by atoms with Crippen LogP contribution in [-0.4, -0.2) is 11.3 Å². The lowest BCUT2D eigenvalue weighted by molar-refractivity contribution is 0.111. The molecule has 6 heteroatoms. The molecule has 0 N–H and O–H groups in total. The number of pyridine rings is 1. The number of hydrogen-bond acceptors (Lipinski definition) is 2. The zero-order valence-corrected chi connectivity index (χ0v) is 10.5. The first-order valence-corrected chi connectivity index (χ1v) is 5.78. The van der Waals surface area contributed by atoms with Crippen LogP contribution in [0.2, 0.25) is 0 Å². The third-order valence-corrected chi connectivity index (χ3v) is 3.49. The van der Waals surface area contributed by atoms with Gasteiger partial charge in [-0.2, -0.15) is 0 Å². The van der Waals surface area contributed by atoms with Crippen LogP contribution in [0.1, 0.15) is 28.0 Å². The van der Waals surface area contributed by atoms with E-state index < -0.39 is 6.43 Å². The number of carbonyl (C=O) groups excluding carboxylic acids is 1. The smallest absolute Gasteiger partial charge is 0.266 e. The Morgan fingerprint density at radius 2 is 2.29 bits per heavy atom. The van der Waals surface area contributed by atoms with Gasteiger partial charge in [0.2, 0.25) is 0 Å². The number of aldehydes is 1. The van der Waals surface area contributed by atoms with Crippen molar-refractivity contribution in [3.63, 3.8) is 0 Å². The molecule has 0 saturated carbocycles. The number of carbonyl (C=O) groups is 1. The Morgan fingerprint density at radius 3 is 2.71 bits per heavy atom. The molecule has 0 atom stereocenters. The minimum absolute atomic E-state index is 0.134. The van der Waals surface area contributed by atoms with Crippen molar-refractivity contribution in [2.24, 2.45) is 0 Å². The fraction of sp³-hybridized carbons (Fsp3) is 0.250. The molecule has 0 fully saturated rings. The maximum Gasteiger partial charge on any atom is 0.266 e. The van der Waals surface area contributed by atoms with Gasteiger partial charge in [0.05, 0.1) is 0 Å². The van der Waals surface area contributed by atoms with Crippen LogP contribution < -0.4 is 0 Å². The maximum atomic E-state index is 12.4. The Hall–Kier alpha value is -0.110. The molecule has 0 bridgehead atoms. The van der Waals surface area contributed by atoms with Gasteiger partial charge in [-0.3, -0.25) is 9.78 Å². The number of hydrogen-bond donors (Lipinski definition) is 0. The predicted molar refractivity (Wildman–Crippen MR) is 59.9 cm³/mol. The van der Waals surface area contributed by atoms with E-state index in [9.17, 15) is 13.6 Å². The average molecular weight is 376 g/mol. The molecule has 0 unspecified atom stereocenters. The van der Waals surface area contributed by atoms with E-state index in [0.717, 1.165) is 6.20 Å². The Labute approximate surface area is 101 Å². The largest absolute Gasteiger partial charge is 0.296 e. The maximum absolute atomic E-state index is 12.4. The third kappa shape index (κ3) is 2.28. The second-order valence-electron chi connectivity index (χ2n) is 2.44. The molecule has 76 valence electrons. The van der Waals surface area contributed by atoms with Gasteiger partial charge in [0.15, 0.2) is 6.29 Å². The minimum atomic E-state index is -2.56. The Kier molecular flexibility index (Phi) is 4.36. The summed E-state index contributed by atoms with van der Waals surface area (Å²) < 4.78 is 25.3. The van der Waals surface area contributed by atoms with Gasteiger partial charge >= 0.3 is 0 Å². The standard InChI is InChI=1S/C8H5BrF2INO/c9-1-4-6(3-14)13-2-5(7(4)12)8(10)11/h2-3,8H,1H2. The molecule has 0 radical (unpaired) electrons. The highest BCUT2D eigenvalue weighted by molar-refractivity contribution is 14.1. The van der Waals surface area contributed by atoms with Gasteiger partial charge in [0.25, 0.3) is 6.43 Å². The highest BCUT2D eigenvalue weighted by Gasteiger charge is 2.17. The third-order valence-electron chi connectivity index (χ3n) is 1.65. The van der Waals surface area contributed by atoms with Crippen LogP contribution in [-0.2, 0) is 5.33 Å². The lowest BCUT2D eigenvalue weighted by Crippen LogP contribution is -2.02. The Morgan fingerprint density at radius 1 is 1.64 bits per heavy atom. The first-order chi connectivity index (χ1) is 6.61. The SMILES string of the molecule is O=Cc1ncc(C(F)F)c(I)c1CBr. The number of alkyl halides is 3. The van der Waals surface area contributed by atoms with Gasteiger partial charge in [-0.25, -0.2) is 8.78 Å². The van der Waals surface area contributed by atoms with Gasteiger partial charge in [-0.15, -0.1) is 0 Å². The van der Waals surface area contributed by atoms with Gasteiger partial charge < -0.3 is 0 Å². The van der Waals surface area contributed by atoms with E-state index in [-0.39, 0.29) is 11.3 Å². The van der Waals surface area contributed by atoms with Gasteiger partial charge in [0.1, 0.15) is 5.69 Å². The monoisotopic (exact) mass is 375 g/mol. The van der Waals surface area contributed by atoms with Crippen LogP contribution in [0.5, 0.6) is 0 Å². The topological polar surface area (TPSA) is 30.0 Å². The summed E-state index contributed by atoms with van der Waals surface area (Å²) in [6, 6.07) is 0. The molecule has 0 saturated heterocycles. The second kappa shape index (κ2) is 5.11. The quantitative estimate of drug-likeness (QED) is 0.461. The van der Waals surface area contributed by atoms with Crippen LogP contribution in [0.15, 0.2) is 6.20 Å². The summed E-state index contributed by atoms with van der Waals surface area (Å²) in [4.78, 5) is 14.2. The zero-order chi connectivity index (χ0) is 10.7. The first-order valence-electron chi connectivity index (χ1n) is 3.58. The minimum Gasteiger partial charge on any atom is -0.296 e. The van der Waals surface area contributed by atoms with E-state index in [1.807, 2.05) is 0 Å². The fourth-order valence-corrected chi connectivity index (χ4v) is 2.87. The summed E-state index contributed by atoms with van der Waals surface area (Å²) in [6.45, 7) is 0. The molecular weight excluding hydrogens is 371 g/mol. The molecule has 0 aliphatic heterocycles. The van der Waals surface area contributed by atoms with Crippen molar-refractivity contribution in [1.82, 2.24) is 4.98 Å². The molecule has 0 amide bonds. The van der Waals surface area contributed by atoms with E-state index in [0.29, 0.717) is 20.7 Å². The summed E-state index contributed by atoms with van der Waals surface area (Å²) in [6.07, 6.45) is -0.955. The normalized spacial score (nSPS) is 10.6. The van der Waals surface area contributed by atoms with E-state index in [2.05, 4.69) is 20.9 Å². The number of aromatic nitrogens is 1. The van der Waals surface area contributed by atoms with Crippen molar-refractivity contribution >= 4 is 44.8 Å².